The van der Waals surface area contributed by atoms with E-state index in [4.69, 9.17) is 23.2 Å². The average molecular weight is 349 g/mol. The number of carbonyl (C=O) groups is 1. The Morgan fingerprint density at radius 2 is 1.50 bits per heavy atom. The third kappa shape index (κ3) is 4.05. The van der Waals surface area contributed by atoms with Gasteiger partial charge in [-0.3, -0.25) is 0 Å². The van der Waals surface area contributed by atoms with Crippen LogP contribution in [0.15, 0.2) is 42.5 Å². The molecule has 0 unspecified atom stereocenters. The molecule has 0 bridgehead atoms. The number of urea groups is 1. The van der Waals surface area contributed by atoms with E-state index in [0.717, 1.165) is 18.2 Å². The number of amides is 2. The Morgan fingerprint density at radius 3 is 2.14 bits per heavy atom. The summed E-state index contributed by atoms with van der Waals surface area (Å²) < 4.78 is 37.9. The number of para-hydroxylation sites is 1. The van der Waals surface area contributed by atoms with Gasteiger partial charge in [0.15, 0.2) is 0 Å². The van der Waals surface area contributed by atoms with E-state index < -0.39 is 17.8 Å². The maximum absolute atomic E-state index is 12.6. The second-order valence-corrected chi connectivity index (χ2v) is 5.07. The minimum Gasteiger partial charge on any atom is -0.306 e. The monoisotopic (exact) mass is 348 g/mol. The summed E-state index contributed by atoms with van der Waals surface area (Å²) in [4.78, 5) is 11.8. The number of hydrogen-bond acceptors (Lipinski definition) is 1. The van der Waals surface area contributed by atoms with Crippen molar-refractivity contribution in [1.29, 1.82) is 0 Å². The topological polar surface area (TPSA) is 41.1 Å². The fraction of sp³-hybridized carbons (Fsp3) is 0.0714. The highest BCUT2D eigenvalue weighted by Gasteiger charge is 2.31. The maximum Gasteiger partial charge on any atom is 0.416 e. The Balaban J connectivity index is 2.17. The number of benzene rings is 2. The van der Waals surface area contributed by atoms with Gasteiger partial charge < -0.3 is 10.6 Å². The summed E-state index contributed by atoms with van der Waals surface area (Å²) in [5, 5.41) is 4.97. The number of halogens is 5. The lowest BCUT2D eigenvalue weighted by molar-refractivity contribution is -0.137. The van der Waals surface area contributed by atoms with Gasteiger partial charge in [-0.15, -0.1) is 0 Å². The molecule has 0 heterocycles. The molecule has 2 N–H and O–H groups in total. The zero-order chi connectivity index (χ0) is 16.3. The predicted molar refractivity (Wildman–Crippen MR) is 80.5 cm³/mol. The molecule has 22 heavy (non-hydrogen) atoms. The van der Waals surface area contributed by atoms with Crippen LogP contribution in [0.1, 0.15) is 5.56 Å². The lowest BCUT2D eigenvalue weighted by Gasteiger charge is -2.12. The number of nitrogens with one attached hydrogen (secondary N) is 2. The predicted octanol–water partition coefficient (Wildman–Crippen LogP) is 5.66. The molecule has 0 aliphatic rings. The van der Waals surface area contributed by atoms with Gasteiger partial charge in [0, 0.05) is 0 Å². The van der Waals surface area contributed by atoms with Crippen molar-refractivity contribution < 1.29 is 18.0 Å². The molecule has 8 heteroatoms. The molecule has 2 rings (SSSR count). The fourth-order valence-electron chi connectivity index (χ4n) is 1.64. The molecule has 116 valence electrons. The van der Waals surface area contributed by atoms with E-state index in [1.165, 1.54) is 0 Å². The van der Waals surface area contributed by atoms with E-state index in [9.17, 15) is 18.0 Å². The normalized spacial score (nSPS) is 11.1. The zero-order valence-corrected chi connectivity index (χ0v) is 12.4. The van der Waals surface area contributed by atoms with Crippen LogP contribution < -0.4 is 10.6 Å². The summed E-state index contributed by atoms with van der Waals surface area (Å²) in [6.07, 6.45) is -4.53. The summed E-state index contributed by atoms with van der Waals surface area (Å²) >= 11 is 11.7. The van der Waals surface area contributed by atoms with Gasteiger partial charge in [0.05, 0.1) is 27.0 Å². The number of rotatable bonds is 2. The molecule has 2 aromatic carbocycles. The standard InChI is InChI=1S/C14H9Cl2F3N2O/c15-9-3-1-2-4-11(9)20-13(22)21-12-7-8(14(17,18)19)5-6-10(12)16/h1-7H,(H2,20,21,22). The summed E-state index contributed by atoms with van der Waals surface area (Å²) in [6, 6.07) is 8.34. The number of anilines is 2. The Hall–Kier alpha value is -1.92. The first-order valence-corrected chi connectivity index (χ1v) is 6.72. The molecular formula is C14H9Cl2F3N2O. The molecule has 0 atom stereocenters. The third-order valence-corrected chi connectivity index (χ3v) is 3.32. The molecule has 0 aliphatic heterocycles. The van der Waals surface area contributed by atoms with Crippen molar-refractivity contribution in [2.45, 2.75) is 6.18 Å². The molecule has 0 fully saturated rings. The van der Waals surface area contributed by atoms with Gasteiger partial charge in [0.2, 0.25) is 0 Å². The van der Waals surface area contributed by atoms with Crippen LogP contribution in [0.4, 0.5) is 29.3 Å². The molecule has 0 aromatic heterocycles. The largest absolute Gasteiger partial charge is 0.416 e. The van der Waals surface area contributed by atoms with Gasteiger partial charge in [-0.05, 0) is 30.3 Å². The lowest BCUT2D eigenvalue weighted by Crippen LogP contribution is -2.20. The molecule has 3 nitrogen and oxygen atoms in total. The van der Waals surface area contributed by atoms with Crippen LogP contribution in [0.2, 0.25) is 10.0 Å². The number of carbonyl (C=O) groups excluding carboxylic acids is 1. The minimum absolute atomic E-state index is 0.0118. The Bertz CT molecular complexity index is 705. The second kappa shape index (κ2) is 6.46. The molecule has 0 aliphatic carbocycles. The first-order chi connectivity index (χ1) is 10.3. The Kier molecular flexibility index (Phi) is 4.83. The summed E-state index contributed by atoms with van der Waals surface area (Å²) in [7, 11) is 0. The maximum atomic E-state index is 12.6. The van der Waals surface area contributed by atoms with Gasteiger partial charge in [-0.1, -0.05) is 35.3 Å². The van der Waals surface area contributed by atoms with Crippen molar-refractivity contribution in [3.63, 3.8) is 0 Å². The van der Waals surface area contributed by atoms with E-state index in [2.05, 4.69) is 10.6 Å². The highest BCUT2D eigenvalue weighted by molar-refractivity contribution is 6.34. The van der Waals surface area contributed by atoms with E-state index in [0.29, 0.717) is 10.7 Å². The van der Waals surface area contributed by atoms with Gasteiger partial charge in [-0.25, -0.2) is 4.79 Å². The van der Waals surface area contributed by atoms with Crippen molar-refractivity contribution in [3.05, 3.63) is 58.1 Å². The quantitative estimate of drug-likeness (QED) is 0.722. The van der Waals surface area contributed by atoms with Crippen LogP contribution >= 0.6 is 23.2 Å². The van der Waals surface area contributed by atoms with Crippen LogP contribution in [0.5, 0.6) is 0 Å². The van der Waals surface area contributed by atoms with Gasteiger partial charge in [0.25, 0.3) is 0 Å². The van der Waals surface area contributed by atoms with Crippen molar-refractivity contribution in [2.75, 3.05) is 10.6 Å². The van der Waals surface area contributed by atoms with Crippen molar-refractivity contribution in [3.8, 4) is 0 Å². The first-order valence-electron chi connectivity index (χ1n) is 5.96. The van der Waals surface area contributed by atoms with E-state index in [-0.39, 0.29) is 10.7 Å². The number of hydrogen-bond donors (Lipinski definition) is 2. The van der Waals surface area contributed by atoms with E-state index >= 15 is 0 Å². The first kappa shape index (κ1) is 16.5. The summed E-state index contributed by atoms with van der Waals surface area (Å²) in [5.74, 6) is 0. The molecule has 2 amide bonds. The Labute approximate surface area is 134 Å². The highest BCUT2D eigenvalue weighted by atomic mass is 35.5. The van der Waals surface area contributed by atoms with Crippen molar-refractivity contribution in [1.82, 2.24) is 0 Å². The molecule has 0 radical (unpaired) electrons. The summed E-state index contributed by atoms with van der Waals surface area (Å²) in [6.45, 7) is 0. The third-order valence-electron chi connectivity index (χ3n) is 2.66. The minimum atomic E-state index is -4.53. The lowest BCUT2D eigenvalue weighted by atomic mass is 10.2. The van der Waals surface area contributed by atoms with Crippen LogP contribution in [-0.2, 0) is 6.18 Å². The van der Waals surface area contributed by atoms with Crippen LogP contribution in [0.25, 0.3) is 0 Å². The van der Waals surface area contributed by atoms with Crippen LogP contribution in [0.3, 0.4) is 0 Å². The molecule has 0 saturated carbocycles. The molecule has 0 saturated heterocycles. The highest BCUT2D eigenvalue weighted by Crippen LogP contribution is 2.34. The molecule has 2 aromatic rings. The fourth-order valence-corrected chi connectivity index (χ4v) is 1.98. The second-order valence-electron chi connectivity index (χ2n) is 4.25. The van der Waals surface area contributed by atoms with Crippen molar-refractivity contribution >= 4 is 40.6 Å². The van der Waals surface area contributed by atoms with E-state index in [1.807, 2.05) is 0 Å². The van der Waals surface area contributed by atoms with E-state index in [1.54, 1.807) is 24.3 Å². The van der Waals surface area contributed by atoms with Crippen molar-refractivity contribution in [2.24, 2.45) is 0 Å². The van der Waals surface area contributed by atoms with Gasteiger partial charge in [0.1, 0.15) is 0 Å². The van der Waals surface area contributed by atoms with Gasteiger partial charge in [-0.2, -0.15) is 13.2 Å². The smallest absolute Gasteiger partial charge is 0.306 e. The molecular weight excluding hydrogens is 340 g/mol. The zero-order valence-electron chi connectivity index (χ0n) is 10.8. The average Bonchev–Trinajstić information content (AvgIpc) is 2.42. The Morgan fingerprint density at radius 1 is 0.909 bits per heavy atom. The van der Waals surface area contributed by atoms with Gasteiger partial charge >= 0.3 is 12.2 Å². The van der Waals surface area contributed by atoms with Crippen LogP contribution in [-0.4, -0.2) is 6.03 Å². The van der Waals surface area contributed by atoms with Crippen LogP contribution in [0, 0.1) is 0 Å². The SMILES string of the molecule is O=C(Nc1ccccc1Cl)Nc1cc(C(F)(F)F)ccc1Cl. The summed E-state index contributed by atoms with van der Waals surface area (Å²) in [5.41, 5.74) is -0.740. The number of alkyl halides is 3. The molecule has 0 spiro atoms.